The van der Waals surface area contributed by atoms with Crippen LogP contribution in [0.4, 0.5) is 5.82 Å². The maximum atomic E-state index is 12.4. The van der Waals surface area contributed by atoms with Gasteiger partial charge in [0.1, 0.15) is 11.6 Å². The average Bonchev–Trinajstić information content (AvgIpc) is 3.28. The Kier molecular flexibility index (Phi) is 5.30. The van der Waals surface area contributed by atoms with Crippen LogP contribution >= 0.6 is 11.3 Å². The van der Waals surface area contributed by atoms with Gasteiger partial charge in [0.2, 0.25) is 5.13 Å². The summed E-state index contributed by atoms with van der Waals surface area (Å²) in [4.78, 5) is 17.1. The Bertz CT molecular complexity index is 1190. The van der Waals surface area contributed by atoms with E-state index < -0.39 is 0 Å². The lowest BCUT2D eigenvalue weighted by Gasteiger charge is -2.18. The van der Waals surface area contributed by atoms with Crippen molar-refractivity contribution in [3.8, 4) is 10.9 Å². The summed E-state index contributed by atoms with van der Waals surface area (Å²) >= 11 is 1.55. The van der Waals surface area contributed by atoms with E-state index in [0.29, 0.717) is 16.7 Å². The lowest BCUT2D eigenvalue weighted by atomic mass is 9.87. The standard InChI is InChI=1S/C23H24N4O2S/c1-15-12-20(25-21(28)14-29-17-8-6-5-7-9-17)27(26-15)22-24-18-11-10-16(23(2,3)4)13-19(18)30-22/h5-13H,14H2,1-4H3,(H,25,28). The van der Waals surface area contributed by atoms with E-state index in [2.05, 4.69) is 43.3 Å². The van der Waals surface area contributed by atoms with Crippen molar-refractivity contribution in [3.63, 3.8) is 0 Å². The average molecular weight is 421 g/mol. The van der Waals surface area contributed by atoms with Gasteiger partial charge in [0.15, 0.2) is 6.61 Å². The third-order valence-corrected chi connectivity index (χ3v) is 5.63. The molecule has 0 saturated heterocycles. The molecule has 0 atom stereocenters. The van der Waals surface area contributed by atoms with Gasteiger partial charge in [-0.05, 0) is 42.2 Å². The molecular weight excluding hydrogens is 396 g/mol. The zero-order valence-corrected chi connectivity index (χ0v) is 18.3. The van der Waals surface area contributed by atoms with Crippen LogP contribution in [0.15, 0.2) is 54.6 Å². The molecule has 30 heavy (non-hydrogen) atoms. The van der Waals surface area contributed by atoms with Crippen molar-refractivity contribution in [3.05, 3.63) is 65.9 Å². The smallest absolute Gasteiger partial charge is 0.263 e. The fourth-order valence-electron chi connectivity index (χ4n) is 3.05. The quantitative estimate of drug-likeness (QED) is 0.487. The molecular formula is C23H24N4O2S. The summed E-state index contributed by atoms with van der Waals surface area (Å²) in [6, 6.07) is 17.4. The highest BCUT2D eigenvalue weighted by Crippen LogP contribution is 2.31. The van der Waals surface area contributed by atoms with E-state index in [1.807, 2.05) is 49.4 Å². The SMILES string of the molecule is Cc1cc(NC(=O)COc2ccccc2)n(-c2nc3ccc(C(C)(C)C)cc3s2)n1. The summed E-state index contributed by atoms with van der Waals surface area (Å²) in [7, 11) is 0. The lowest BCUT2D eigenvalue weighted by Crippen LogP contribution is -2.21. The van der Waals surface area contributed by atoms with Gasteiger partial charge in [-0.2, -0.15) is 9.78 Å². The van der Waals surface area contributed by atoms with Crippen LogP contribution in [0.3, 0.4) is 0 Å². The molecule has 0 radical (unpaired) electrons. The van der Waals surface area contributed by atoms with E-state index in [9.17, 15) is 4.79 Å². The van der Waals surface area contributed by atoms with Crippen LogP contribution in [-0.4, -0.2) is 27.3 Å². The minimum atomic E-state index is -0.254. The topological polar surface area (TPSA) is 69.0 Å². The summed E-state index contributed by atoms with van der Waals surface area (Å²) in [5.41, 5.74) is 3.04. The number of hydrogen-bond acceptors (Lipinski definition) is 5. The number of aromatic nitrogens is 3. The third-order valence-electron chi connectivity index (χ3n) is 4.64. The summed E-state index contributed by atoms with van der Waals surface area (Å²) in [5, 5.41) is 8.12. The number of rotatable bonds is 5. The fourth-order valence-corrected chi connectivity index (χ4v) is 4.02. The highest BCUT2D eigenvalue weighted by atomic mass is 32.1. The van der Waals surface area contributed by atoms with Crippen molar-refractivity contribution in [2.45, 2.75) is 33.1 Å². The van der Waals surface area contributed by atoms with E-state index in [1.54, 1.807) is 16.0 Å². The Hall–Kier alpha value is -3.19. The Morgan fingerprint density at radius 1 is 1.13 bits per heavy atom. The maximum Gasteiger partial charge on any atom is 0.263 e. The molecule has 0 spiro atoms. The van der Waals surface area contributed by atoms with Gasteiger partial charge in [0.05, 0.1) is 15.9 Å². The number of amides is 1. The van der Waals surface area contributed by atoms with Crippen LogP contribution in [0.2, 0.25) is 0 Å². The fraction of sp³-hybridized carbons (Fsp3) is 0.261. The van der Waals surface area contributed by atoms with Crippen LogP contribution in [0.25, 0.3) is 15.3 Å². The number of benzene rings is 2. The van der Waals surface area contributed by atoms with Gasteiger partial charge in [-0.15, -0.1) is 0 Å². The number of ether oxygens (including phenoxy) is 1. The molecule has 4 aromatic rings. The largest absolute Gasteiger partial charge is 0.484 e. The number of nitrogens with zero attached hydrogens (tertiary/aromatic N) is 3. The molecule has 0 bridgehead atoms. The first-order valence-electron chi connectivity index (χ1n) is 9.75. The van der Waals surface area contributed by atoms with Crippen molar-refractivity contribution in [2.75, 3.05) is 11.9 Å². The van der Waals surface area contributed by atoms with E-state index in [4.69, 9.17) is 9.72 Å². The third kappa shape index (κ3) is 4.36. The minimum absolute atomic E-state index is 0.0680. The molecule has 6 nitrogen and oxygen atoms in total. The number of hydrogen-bond donors (Lipinski definition) is 1. The predicted molar refractivity (Wildman–Crippen MR) is 121 cm³/mol. The molecule has 154 valence electrons. The molecule has 0 unspecified atom stereocenters. The molecule has 0 aliphatic rings. The van der Waals surface area contributed by atoms with Gasteiger partial charge in [0, 0.05) is 6.07 Å². The summed E-state index contributed by atoms with van der Waals surface area (Å²) < 4.78 is 8.30. The Labute approximate surface area is 179 Å². The van der Waals surface area contributed by atoms with Crippen LogP contribution in [0, 0.1) is 6.92 Å². The molecule has 4 rings (SSSR count). The Morgan fingerprint density at radius 2 is 1.90 bits per heavy atom. The zero-order chi connectivity index (χ0) is 21.3. The molecule has 1 amide bonds. The van der Waals surface area contributed by atoms with Crippen LogP contribution in [0.5, 0.6) is 5.75 Å². The van der Waals surface area contributed by atoms with Crippen molar-refractivity contribution in [1.82, 2.24) is 14.8 Å². The van der Waals surface area contributed by atoms with E-state index in [-0.39, 0.29) is 17.9 Å². The van der Waals surface area contributed by atoms with Gasteiger partial charge < -0.3 is 10.1 Å². The number of carbonyl (C=O) groups is 1. The van der Waals surface area contributed by atoms with Crippen molar-refractivity contribution >= 4 is 33.3 Å². The highest BCUT2D eigenvalue weighted by Gasteiger charge is 2.18. The summed E-state index contributed by atoms with van der Waals surface area (Å²) in [5.74, 6) is 0.971. The maximum absolute atomic E-state index is 12.4. The Morgan fingerprint density at radius 3 is 2.63 bits per heavy atom. The monoisotopic (exact) mass is 420 g/mol. The van der Waals surface area contributed by atoms with Crippen LogP contribution < -0.4 is 10.1 Å². The number of anilines is 1. The molecule has 2 aromatic carbocycles. The van der Waals surface area contributed by atoms with Gasteiger partial charge in [-0.3, -0.25) is 4.79 Å². The number of aryl methyl sites for hydroxylation is 1. The highest BCUT2D eigenvalue weighted by molar-refractivity contribution is 7.20. The first-order valence-corrected chi connectivity index (χ1v) is 10.6. The number of thiazole rings is 1. The van der Waals surface area contributed by atoms with Crippen molar-refractivity contribution in [2.24, 2.45) is 0 Å². The van der Waals surface area contributed by atoms with Crippen molar-refractivity contribution in [1.29, 1.82) is 0 Å². The molecule has 1 N–H and O–H groups in total. The second-order valence-corrected chi connectivity index (χ2v) is 9.17. The van der Waals surface area contributed by atoms with Gasteiger partial charge in [0.25, 0.3) is 5.91 Å². The van der Waals surface area contributed by atoms with E-state index >= 15 is 0 Å². The first kappa shape index (κ1) is 20.1. The van der Waals surface area contributed by atoms with Crippen LogP contribution in [0.1, 0.15) is 32.0 Å². The molecule has 0 saturated carbocycles. The lowest BCUT2D eigenvalue weighted by molar-refractivity contribution is -0.118. The van der Waals surface area contributed by atoms with Crippen LogP contribution in [-0.2, 0) is 10.2 Å². The second kappa shape index (κ2) is 7.91. The van der Waals surface area contributed by atoms with E-state index in [0.717, 1.165) is 15.9 Å². The molecule has 0 aliphatic heterocycles. The zero-order valence-electron chi connectivity index (χ0n) is 17.5. The van der Waals surface area contributed by atoms with Gasteiger partial charge in [-0.1, -0.05) is 56.4 Å². The van der Waals surface area contributed by atoms with Crippen molar-refractivity contribution < 1.29 is 9.53 Å². The number of para-hydroxylation sites is 1. The minimum Gasteiger partial charge on any atom is -0.484 e. The van der Waals surface area contributed by atoms with E-state index in [1.165, 1.54) is 5.56 Å². The number of fused-ring (bicyclic) bond motifs is 1. The summed E-state index contributed by atoms with van der Waals surface area (Å²) in [6.07, 6.45) is 0. The molecule has 0 fully saturated rings. The second-order valence-electron chi connectivity index (χ2n) is 8.16. The molecule has 0 aliphatic carbocycles. The normalized spacial score (nSPS) is 11.6. The van der Waals surface area contributed by atoms with Gasteiger partial charge >= 0.3 is 0 Å². The Balaban J connectivity index is 1.56. The predicted octanol–water partition coefficient (Wildman–Crippen LogP) is 5.11. The molecule has 2 heterocycles. The molecule has 7 heteroatoms. The summed E-state index contributed by atoms with van der Waals surface area (Å²) in [6.45, 7) is 8.38. The number of carbonyl (C=O) groups excluding carboxylic acids is 1. The van der Waals surface area contributed by atoms with Gasteiger partial charge in [-0.25, -0.2) is 4.98 Å². The molecule has 2 aromatic heterocycles. The first-order chi connectivity index (χ1) is 14.3. The number of nitrogens with one attached hydrogen (secondary N) is 1.